The average molecular weight is 233 g/mol. The lowest BCUT2D eigenvalue weighted by molar-refractivity contribution is -0.274. The summed E-state index contributed by atoms with van der Waals surface area (Å²) in [6.07, 6.45) is -4.39. The molecule has 0 aliphatic rings. The maximum atomic E-state index is 11.9. The molecule has 0 fully saturated rings. The molecule has 1 aromatic carbocycles. The van der Waals surface area contributed by atoms with Crippen molar-refractivity contribution in [2.45, 2.75) is 12.8 Å². The number of carbonyl (C=O) groups excluding carboxylic acids is 1. The Bertz CT molecular complexity index is 349. The van der Waals surface area contributed by atoms with Crippen LogP contribution in [0.2, 0.25) is 0 Å². The Kier molecular flexibility index (Phi) is 4.16. The molecule has 3 nitrogen and oxygen atoms in total. The van der Waals surface area contributed by atoms with Crippen LogP contribution in [0, 0.1) is 0 Å². The fourth-order valence-corrected chi connectivity index (χ4v) is 1.11. The zero-order chi connectivity index (χ0) is 12.0. The van der Waals surface area contributed by atoms with Crippen LogP contribution in [-0.4, -0.2) is 19.4 Å². The number of benzene rings is 1. The molecule has 0 aliphatic heterocycles. The number of ether oxygens (including phenoxy) is 2. The lowest BCUT2D eigenvalue weighted by Crippen LogP contribution is -2.17. The van der Waals surface area contributed by atoms with Gasteiger partial charge in [0.2, 0.25) is 0 Å². The van der Waals surface area contributed by atoms with Gasteiger partial charge in [0, 0.05) is 6.42 Å². The first-order valence-electron chi connectivity index (χ1n) is 4.35. The fraction of sp³-hybridized carbons (Fsp3) is 0.300. The van der Waals surface area contributed by atoms with Crippen LogP contribution >= 0.6 is 0 Å². The lowest BCUT2D eigenvalue weighted by atomic mass is 10.1. The summed E-state index contributed by atoms with van der Waals surface area (Å²) in [6, 6.07) is 5.48. The Morgan fingerprint density at radius 3 is 2.69 bits per heavy atom. The van der Waals surface area contributed by atoms with Crippen molar-refractivity contribution in [2.75, 3.05) is 6.61 Å². The van der Waals surface area contributed by atoms with Gasteiger partial charge in [-0.05, 0) is 17.7 Å². The Morgan fingerprint density at radius 2 is 2.06 bits per heavy atom. The minimum atomic E-state index is -4.70. The van der Waals surface area contributed by atoms with E-state index in [-0.39, 0.29) is 12.4 Å². The molecule has 0 saturated heterocycles. The van der Waals surface area contributed by atoms with Gasteiger partial charge in [0.25, 0.3) is 0 Å². The third kappa shape index (κ3) is 4.68. The highest BCUT2D eigenvalue weighted by Gasteiger charge is 2.31. The van der Waals surface area contributed by atoms with Gasteiger partial charge in [0.15, 0.2) is 0 Å². The van der Waals surface area contributed by atoms with E-state index in [1.165, 1.54) is 24.7 Å². The van der Waals surface area contributed by atoms with Gasteiger partial charge in [0.1, 0.15) is 5.75 Å². The molecule has 0 unspecified atom stereocenters. The van der Waals surface area contributed by atoms with Gasteiger partial charge < -0.3 is 9.47 Å². The summed E-state index contributed by atoms with van der Waals surface area (Å²) >= 11 is 0. The van der Waals surface area contributed by atoms with Gasteiger partial charge >= 0.3 is 12.8 Å². The first-order chi connectivity index (χ1) is 7.51. The van der Waals surface area contributed by atoms with E-state index < -0.39 is 6.36 Å². The molecule has 16 heavy (non-hydrogen) atoms. The molecule has 0 aromatic heterocycles. The molecule has 1 radical (unpaired) electrons. The Labute approximate surface area is 89.8 Å². The largest absolute Gasteiger partial charge is 0.573 e. The Hall–Kier alpha value is -1.72. The minimum absolute atomic E-state index is 0.0684. The quantitative estimate of drug-likeness (QED) is 0.731. The van der Waals surface area contributed by atoms with E-state index in [1.807, 2.05) is 0 Å². The smallest absolute Gasteiger partial charge is 0.457 e. The van der Waals surface area contributed by atoms with Crippen molar-refractivity contribution in [3.63, 3.8) is 0 Å². The van der Waals surface area contributed by atoms with E-state index >= 15 is 0 Å². The SMILES string of the molecule is O=[C]OCCc1cccc(OC(F)(F)F)c1. The van der Waals surface area contributed by atoms with Crippen molar-refractivity contribution in [2.24, 2.45) is 0 Å². The van der Waals surface area contributed by atoms with Crippen LogP contribution in [0.3, 0.4) is 0 Å². The van der Waals surface area contributed by atoms with Gasteiger partial charge in [-0.15, -0.1) is 13.2 Å². The normalized spacial score (nSPS) is 10.9. The highest BCUT2D eigenvalue weighted by molar-refractivity contribution is 5.38. The number of halogens is 3. The van der Waals surface area contributed by atoms with E-state index in [9.17, 15) is 18.0 Å². The second-order valence-corrected chi connectivity index (χ2v) is 2.88. The molecular weight excluding hydrogens is 225 g/mol. The van der Waals surface area contributed by atoms with Crippen LogP contribution in [0.1, 0.15) is 5.56 Å². The molecule has 0 saturated carbocycles. The standard InChI is InChI=1S/C10H8F3O3/c11-10(12,13)16-9-3-1-2-8(6-9)4-5-15-7-14/h1-3,6H,4-5H2. The summed E-state index contributed by atoms with van der Waals surface area (Å²) in [6.45, 7) is 1.30. The first-order valence-corrected chi connectivity index (χ1v) is 4.35. The van der Waals surface area contributed by atoms with Crippen LogP contribution in [0.5, 0.6) is 5.75 Å². The molecular formula is C10H8F3O3. The number of rotatable bonds is 5. The van der Waals surface area contributed by atoms with Gasteiger partial charge in [0.05, 0.1) is 6.61 Å². The highest BCUT2D eigenvalue weighted by atomic mass is 19.4. The second-order valence-electron chi connectivity index (χ2n) is 2.88. The molecule has 1 rings (SSSR count). The van der Waals surface area contributed by atoms with Crippen molar-refractivity contribution < 1.29 is 27.4 Å². The van der Waals surface area contributed by atoms with Crippen LogP contribution in [0.4, 0.5) is 13.2 Å². The Balaban J connectivity index is 2.60. The molecule has 0 bridgehead atoms. The maximum Gasteiger partial charge on any atom is 0.573 e. The van der Waals surface area contributed by atoms with E-state index in [0.717, 1.165) is 0 Å². The van der Waals surface area contributed by atoms with Crippen LogP contribution < -0.4 is 4.74 Å². The third-order valence-electron chi connectivity index (χ3n) is 1.68. The van der Waals surface area contributed by atoms with Gasteiger partial charge in [-0.3, -0.25) is 0 Å². The molecule has 0 aliphatic carbocycles. The number of hydrogen-bond donors (Lipinski definition) is 0. The molecule has 87 valence electrons. The van der Waals surface area contributed by atoms with Gasteiger partial charge in [-0.1, -0.05) is 12.1 Å². The first kappa shape index (κ1) is 12.4. The summed E-state index contributed by atoms with van der Waals surface area (Å²) in [5.41, 5.74) is 0.581. The monoisotopic (exact) mass is 233 g/mol. The molecule has 0 N–H and O–H groups in total. The van der Waals surface area contributed by atoms with Crippen molar-refractivity contribution in [3.8, 4) is 5.75 Å². The zero-order valence-corrected chi connectivity index (χ0v) is 8.08. The topological polar surface area (TPSA) is 35.5 Å². The van der Waals surface area contributed by atoms with Crippen LogP contribution in [0.15, 0.2) is 24.3 Å². The molecule has 0 spiro atoms. The number of hydrogen-bond acceptors (Lipinski definition) is 3. The van der Waals surface area contributed by atoms with E-state index in [2.05, 4.69) is 9.47 Å². The van der Waals surface area contributed by atoms with E-state index in [1.54, 1.807) is 6.07 Å². The summed E-state index contributed by atoms with van der Waals surface area (Å²) in [5, 5.41) is 0. The maximum absolute atomic E-state index is 11.9. The van der Waals surface area contributed by atoms with E-state index in [4.69, 9.17) is 0 Å². The zero-order valence-electron chi connectivity index (χ0n) is 8.08. The highest BCUT2D eigenvalue weighted by Crippen LogP contribution is 2.23. The third-order valence-corrected chi connectivity index (χ3v) is 1.68. The summed E-state index contributed by atoms with van der Waals surface area (Å²) in [7, 11) is 0. The summed E-state index contributed by atoms with van der Waals surface area (Å²) < 4.78 is 43.7. The predicted octanol–water partition coefficient (Wildman–Crippen LogP) is 2.21. The van der Waals surface area contributed by atoms with Crippen molar-refractivity contribution in [1.82, 2.24) is 0 Å². The van der Waals surface area contributed by atoms with E-state index in [0.29, 0.717) is 12.0 Å². The minimum Gasteiger partial charge on any atom is -0.457 e. The molecule has 0 heterocycles. The van der Waals surface area contributed by atoms with Crippen molar-refractivity contribution in [3.05, 3.63) is 29.8 Å². The van der Waals surface area contributed by atoms with Crippen LogP contribution in [-0.2, 0) is 16.0 Å². The molecule has 6 heteroatoms. The molecule has 0 amide bonds. The molecule has 1 aromatic rings. The van der Waals surface area contributed by atoms with Crippen molar-refractivity contribution >= 4 is 6.47 Å². The lowest BCUT2D eigenvalue weighted by Gasteiger charge is -2.09. The summed E-state index contributed by atoms with van der Waals surface area (Å²) in [4.78, 5) is 9.73. The average Bonchev–Trinajstić information content (AvgIpc) is 2.16. The van der Waals surface area contributed by atoms with Crippen molar-refractivity contribution in [1.29, 1.82) is 0 Å². The van der Waals surface area contributed by atoms with Gasteiger partial charge in [-0.2, -0.15) is 0 Å². The molecule has 0 atom stereocenters. The fourth-order valence-electron chi connectivity index (χ4n) is 1.11. The second kappa shape index (κ2) is 5.39. The summed E-state index contributed by atoms with van der Waals surface area (Å²) in [5.74, 6) is -0.292. The Morgan fingerprint density at radius 1 is 1.31 bits per heavy atom. The number of alkyl halides is 3. The van der Waals surface area contributed by atoms with Crippen LogP contribution in [0.25, 0.3) is 0 Å². The van der Waals surface area contributed by atoms with Gasteiger partial charge in [-0.25, -0.2) is 4.79 Å². The predicted molar refractivity (Wildman–Crippen MR) is 48.5 cm³/mol.